The summed E-state index contributed by atoms with van der Waals surface area (Å²) >= 11 is 7.38. The first kappa shape index (κ1) is 9.76. The van der Waals surface area contributed by atoms with E-state index in [1.807, 2.05) is 0 Å². The Hall–Kier alpha value is -0.238. The lowest BCUT2D eigenvalue weighted by molar-refractivity contribution is -0.134. The number of hydrogen-bond acceptors (Lipinski definition) is 4. The van der Waals surface area contributed by atoms with Crippen molar-refractivity contribution in [1.82, 2.24) is 4.41 Å². The smallest absolute Gasteiger partial charge is 0.370 e. The van der Waals surface area contributed by atoms with Gasteiger partial charge in [-0.3, -0.25) is 0 Å². The highest BCUT2D eigenvalue weighted by molar-refractivity contribution is 6.82. The maximum Gasteiger partial charge on any atom is 0.370 e. The molecule has 0 fully saturated rings. The first-order valence-electron chi connectivity index (χ1n) is 2.58. The highest BCUT2D eigenvalue weighted by atomic mass is 35.5. The molecule has 0 aliphatic carbocycles. The minimum absolute atomic E-state index is 0.211. The molecule has 0 heterocycles. The Labute approximate surface area is 72.2 Å². The Morgan fingerprint density at radius 2 is 2.50 bits per heavy atom. The molecule has 1 N–H and O–H groups in total. The van der Waals surface area contributed by atoms with E-state index in [1.165, 1.54) is 0 Å². The summed E-state index contributed by atoms with van der Waals surface area (Å²) < 4.78 is 6.78. The van der Waals surface area contributed by atoms with E-state index in [0.717, 1.165) is 0 Å². The maximum atomic E-state index is 10.6. The number of esters is 1. The molecule has 0 aliphatic rings. The van der Waals surface area contributed by atoms with E-state index in [9.17, 15) is 4.79 Å². The number of rotatable bonds is 3. The lowest BCUT2D eigenvalue weighted by Gasteiger charge is -1.97. The topological polar surface area (TPSA) is 50.7 Å². The lowest BCUT2D eigenvalue weighted by Crippen LogP contribution is -2.15. The summed E-state index contributed by atoms with van der Waals surface area (Å²) in [6.07, 6.45) is 0. The third-order valence-electron chi connectivity index (χ3n) is 0.607. The Balaban J connectivity index is 3.82. The number of ether oxygens (including phenoxy) is 1. The summed E-state index contributed by atoms with van der Waals surface area (Å²) in [7, 11) is 0. The highest BCUT2D eigenvalue weighted by Gasteiger charge is 2.07. The van der Waals surface area contributed by atoms with E-state index in [2.05, 4.69) is 30.8 Å². The fourth-order valence-electron chi connectivity index (χ4n) is 0.293. The summed E-state index contributed by atoms with van der Waals surface area (Å²) in [5.41, 5.74) is 0. The number of hydrazone groups is 1. The van der Waals surface area contributed by atoms with E-state index in [0.29, 0.717) is 6.61 Å². The zero-order valence-electron chi connectivity index (χ0n) is 5.43. The van der Waals surface area contributed by atoms with Crippen molar-refractivity contribution < 1.29 is 9.53 Å². The van der Waals surface area contributed by atoms with Gasteiger partial charge in [-0.2, -0.15) is 5.10 Å². The van der Waals surface area contributed by atoms with Crippen LogP contribution in [0.3, 0.4) is 0 Å². The van der Waals surface area contributed by atoms with Crippen LogP contribution < -0.4 is 4.41 Å². The first-order valence-corrected chi connectivity index (χ1v) is 3.53. The molecular formula is C4H6AlClN2O2. The van der Waals surface area contributed by atoms with Crippen LogP contribution in [0.1, 0.15) is 6.92 Å². The molecule has 0 aromatic carbocycles. The van der Waals surface area contributed by atoms with Crippen LogP contribution in [-0.2, 0) is 9.53 Å². The van der Waals surface area contributed by atoms with Crippen molar-refractivity contribution in [1.29, 1.82) is 0 Å². The van der Waals surface area contributed by atoms with Crippen molar-refractivity contribution in [2.45, 2.75) is 6.92 Å². The van der Waals surface area contributed by atoms with Gasteiger partial charge < -0.3 is 9.15 Å². The molecule has 0 saturated heterocycles. The van der Waals surface area contributed by atoms with Crippen LogP contribution >= 0.6 is 11.6 Å². The molecule has 2 radical (unpaired) electrons. The quantitative estimate of drug-likeness (QED) is 0.280. The van der Waals surface area contributed by atoms with Crippen LogP contribution in [0.15, 0.2) is 5.10 Å². The van der Waals surface area contributed by atoms with Crippen LogP contribution in [-0.4, -0.2) is 34.3 Å². The second-order valence-corrected chi connectivity index (χ2v) is 1.87. The SMILES string of the molecule is CCOC(=O)/C(Cl)=N/[NH][Al]. The Morgan fingerprint density at radius 1 is 1.90 bits per heavy atom. The molecule has 10 heavy (non-hydrogen) atoms. The van der Waals surface area contributed by atoms with Gasteiger partial charge in [0.1, 0.15) is 0 Å². The molecule has 0 aromatic heterocycles. The number of nitrogens with one attached hydrogen (secondary N) is 1. The van der Waals surface area contributed by atoms with Crippen LogP contribution in [0.5, 0.6) is 0 Å². The van der Waals surface area contributed by atoms with Gasteiger partial charge in [0.2, 0.25) is 5.17 Å². The molecule has 0 rings (SSSR count). The van der Waals surface area contributed by atoms with Crippen molar-refractivity contribution in [3.05, 3.63) is 0 Å². The largest absolute Gasteiger partial charge is 0.461 e. The summed E-state index contributed by atoms with van der Waals surface area (Å²) in [5, 5.41) is 3.15. The molecule has 0 aromatic rings. The lowest BCUT2D eigenvalue weighted by atomic mass is 10.7. The average Bonchev–Trinajstić information content (AvgIpc) is 1.89. The molecule has 0 unspecified atom stereocenters. The number of halogens is 1. The van der Waals surface area contributed by atoms with Crippen molar-refractivity contribution >= 4 is 39.3 Å². The Morgan fingerprint density at radius 3 is 2.90 bits per heavy atom. The highest BCUT2D eigenvalue weighted by Crippen LogP contribution is 1.88. The predicted octanol–water partition coefficient (Wildman–Crippen LogP) is -0.225. The first-order chi connectivity index (χ1) is 4.72. The van der Waals surface area contributed by atoms with Crippen molar-refractivity contribution in [2.24, 2.45) is 5.10 Å². The third kappa shape index (κ3) is 3.72. The molecule has 0 spiro atoms. The zero-order valence-corrected chi connectivity index (χ0v) is 7.34. The summed E-state index contributed by atoms with van der Waals surface area (Å²) in [5.74, 6) is -0.626. The van der Waals surface area contributed by atoms with Gasteiger partial charge >= 0.3 is 22.5 Å². The van der Waals surface area contributed by atoms with Gasteiger partial charge in [-0.25, -0.2) is 4.79 Å². The van der Waals surface area contributed by atoms with E-state index in [4.69, 9.17) is 11.6 Å². The summed E-state index contributed by atoms with van der Waals surface area (Å²) in [4.78, 5) is 10.6. The van der Waals surface area contributed by atoms with Crippen molar-refractivity contribution in [3.63, 3.8) is 0 Å². The molecule has 0 atom stereocenters. The Bertz CT molecular complexity index is 150. The standard InChI is InChI=1S/C4H7ClN2O2.Al/c1-2-9-4(8)3(5)7-6;/h2H2,1H3,(H2,6,8);/q;+1/p-1. The van der Waals surface area contributed by atoms with Crippen LogP contribution in [0.25, 0.3) is 0 Å². The Kier molecular flexibility index (Phi) is 5.41. The van der Waals surface area contributed by atoms with Crippen LogP contribution in [0.2, 0.25) is 0 Å². The third-order valence-corrected chi connectivity index (χ3v) is 0.974. The summed E-state index contributed by atoms with van der Waals surface area (Å²) in [6.45, 7) is 1.98. The van der Waals surface area contributed by atoms with Crippen molar-refractivity contribution in [3.8, 4) is 0 Å². The van der Waals surface area contributed by atoms with Crippen LogP contribution in [0, 0.1) is 0 Å². The molecule has 4 nitrogen and oxygen atoms in total. The molecule has 0 aliphatic heterocycles. The number of hydrogen-bond donors (Lipinski definition) is 1. The van der Waals surface area contributed by atoms with Gasteiger partial charge in [0.25, 0.3) is 0 Å². The fourth-order valence-corrected chi connectivity index (χ4v) is 0.607. The van der Waals surface area contributed by atoms with E-state index < -0.39 is 5.97 Å². The molecule has 54 valence electrons. The van der Waals surface area contributed by atoms with E-state index >= 15 is 0 Å². The van der Waals surface area contributed by atoms with E-state index in [-0.39, 0.29) is 5.17 Å². The molecule has 0 saturated carbocycles. The summed E-state index contributed by atoms with van der Waals surface area (Å²) in [6, 6.07) is 0. The molecule has 0 amide bonds. The monoisotopic (exact) mass is 176 g/mol. The zero-order chi connectivity index (χ0) is 7.98. The van der Waals surface area contributed by atoms with Gasteiger partial charge in [0.05, 0.1) is 6.61 Å². The maximum absolute atomic E-state index is 10.6. The number of carbonyl (C=O) groups is 1. The second kappa shape index (κ2) is 5.54. The molecule has 6 heteroatoms. The van der Waals surface area contributed by atoms with E-state index in [1.54, 1.807) is 6.92 Å². The number of carbonyl (C=O) groups excluding carboxylic acids is 1. The minimum Gasteiger partial charge on any atom is -0.461 e. The van der Waals surface area contributed by atoms with Gasteiger partial charge in [-0.05, 0) is 6.92 Å². The van der Waals surface area contributed by atoms with Gasteiger partial charge in [-0.15, -0.1) is 0 Å². The normalized spacial score (nSPS) is 10.8. The van der Waals surface area contributed by atoms with Gasteiger partial charge in [0.15, 0.2) is 0 Å². The molecule has 0 bridgehead atoms. The van der Waals surface area contributed by atoms with Crippen molar-refractivity contribution in [2.75, 3.05) is 6.61 Å². The molecular weight excluding hydrogens is 170 g/mol. The van der Waals surface area contributed by atoms with Crippen LogP contribution in [0.4, 0.5) is 0 Å². The second-order valence-electron chi connectivity index (χ2n) is 1.25. The van der Waals surface area contributed by atoms with Gasteiger partial charge in [0, 0.05) is 0 Å². The minimum atomic E-state index is -0.626. The predicted molar refractivity (Wildman–Crippen MR) is 38.8 cm³/mol. The fraction of sp³-hybridized carbons (Fsp3) is 0.500. The average molecular weight is 177 g/mol. The van der Waals surface area contributed by atoms with Gasteiger partial charge in [-0.1, -0.05) is 11.6 Å². The number of nitrogens with zero attached hydrogens (tertiary/aromatic N) is 1.